The number of hydrogen-bond acceptors (Lipinski definition) is 3. The van der Waals surface area contributed by atoms with E-state index in [9.17, 15) is 14.0 Å². The van der Waals surface area contributed by atoms with Gasteiger partial charge in [-0.25, -0.2) is 4.39 Å². The monoisotopic (exact) mass is 344 g/mol. The van der Waals surface area contributed by atoms with Crippen molar-refractivity contribution in [3.8, 4) is 0 Å². The van der Waals surface area contributed by atoms with Crippen LogP contribution in [0.3, 0.4) is 0 Å². The molecule has 0 unspecified atom stereocenters. The fraction of sp³-hybridized carbons (Fsp3) is 0.368. The van der Waals surface area contributed by atoms with E-state index in [1.165, 1.54) is 12.1 Å². The molecule has 1 aliphatic rings. The van der Waals surface area contributed by atoms with Gasteiger partial charge in [0.15, 0.2) is 0 Å². The Morgan fingerprint density at radius 1 is 1.36 bits per heavy atom. The molecule has 1 aliphatic heterocycles. The van der Waals surface area contributed by atoms with Gasteiger partial charge in [0.1, 0.15) is 11.6 Å². The van der Waals surface area contributed by atoms with Gasteiger partial charge < -0.3 is 14.2 Å². The molecular weight excluding hydrogens is 323 g/mol. The highest BCUT2D eigenvalue weighted by Gasteiger charge is 2.40. The van der Waals surface area contributed by atoms with Crippen LogP contribution >= 0.6 is 0 Å². The molecule has 1 fully saturated rings. The zero-order chi connectivity index (χ0) is 18.0. The largest absolute Gasteiger partial charge is 0.467 e. The van der Waals surface area contributed by atoms with Crippen LogP contribution in [-0.2, 0) is 16.1 Å². The highest BCUT2D eigenvalue weighted by molar-refractivity contribution is 5.84. The van der Waals surface area contributed by atoms with Gasteiger partial charge in [-0.15, -0.1) is 0 Å². The molecule has 2 heterocycles. The van der Waals surface area contributed by atoms with Crippen molar-refractivity contribution < 1.29 is 18.4 Å². The third-order valence-electron chi connectivity index (χ3n) is 4.72. The van der Waals surface area contributed by atoms with Gasteiger partial charge in [0.25, 0.3) is 0 Å². The van der Waals surface area contributed by atoms with Crippen molar-refractivity contribution in [3.05, 3.63) is 59.8 Å². The minimum Gasteiger partial charge on any atom is -0.467 e. The standard InChI is InChI=1S/C19H21FN2O3/c1-21(12-15-7-4-10-25-15)19(24)16-8-9-17(23)22(2)18(16)13-5-3-6-14(20)11-13/h3-7,10-11,16,18H,8-9,12H2,1-2H3/t16-,18-/m0/s1. The van der Waals surface area contributed by atoms with E-state index < -0.39 is 12.0 Å². The van der Waals surface area contributed by atoms with Crippen LogP contribution in [0.2, 0.25) is 0 Å². The van der Waals surface area contributed by atoms with E-state index in [-0.39, 0.29) is 17.6 Å². The number of benzene rings is 1. The highest BCUT2D eigenvalue weighted by atomic mass is 19.1. The molecule has 1 aromatic carbocycles. The molecule has 0 saturated carbocycles. The first-order valence-corrected chi connectivity index (χ1v) is 8.26. The third-order valence-corrected chi connectivity index (χ3v) is 4.72. The molecule has 0 radical (unpaired) electrons. The van der Waals surface area contributed by atoms with Crippen LogP contribution in [-0.4, -0.2) is 35.7 Å². The summed E-state index contributed by atoms with van der Waals surface area (Å²) in [5.41, 5.74) is 0.639. The van der Waals surface area contributed by atoms with Gasteiger partial charge in [0.05, 0.1) is 24.8 Å². The fourth-order valence-corrected chi connectivity index (χ4v) is 3.44. The van der Waals surface area contributed by atoms with E-state index in [1.807, 2.05) is 6.07 Å². The Morgan fingerprint density at radius 2 is 2.16 bits per heavy atom. The molecule has 0 spiro atoms. The normalized spacial score (nSPS) is 20.6. The van der Waals surface area contributed by atoms with E-state index in [0.29, 0.717) is 30.7 Å². The number of furan rings is 1. The molecule has 0 aliphatic carbocycles. The Hall–Kier alpha value is -2.63. The van der Waals surface area contributed by atoms with Crippen LogP contribution in [0.1, 0.15) is 30.2 Å². The predicted octanol–water partition coefficient (Wildman–Crippen LogP) is 2.99. The number of piperidine rings is 1. The fourth-order valence-electron chi connectivity index (χ4n) is 3.44. The van der Waals surface area contributed by atoms with Crippen LogP contribution in [0.5, 0.6) is 0 Å². The molecule has 3 rings (SSSR count). The van der Waals surface area contributed by atoms with E-state index in [0.717, 1.165) is 0 Å². The first-order chi connectivity index (χ1) is 12.0. The molecule has 132 valence electrons. The Kier molecular flexibility index (Phi) is 4.88. The van der Waals surface area contributed by atoms with Gasteiger partial charge in [0.2, 0.25) is 11.8 Å². The van der Waals surface area contributed by atoms with Crippen LogP contribution in [0.25, 0.3) is 0 Å². The molecular formula is C19H21FN2O3. The number of nitrogens with zero attached hydrogens (tertiary/aromatic N) is 2. The van der Waals surface area contributed by atoms with Crippen LogP contribution in [0.15, 0.2) is 47.1 Å². The molecule has 5 nitrogen and oxygen atoms in total. The minimum atomic E-state index is -0.469. The number of halogens is 1. The van der Waals surface area contributed by atoms with Gasteiger partial charge in [0, 0.05) is 20.5 Å². The minimum absolute atomic E-state index is 0.0352. The second-order valence-corrected chi connectivity index (χ2v) is 6.42. The summed E-state index contributed by atoms with van der Waals surface area (Å²) >= 11 is 0. The van der Waals surface area contributed by atoms with E-state index >= 15 is 0 Å². The summed E-state index contributed by atoms with van der Waals surface area (Å²) in [5, 5.41) is 0. The molecule has 0 bridgehead atoms. The zero-order valence-electron chi connectivity index (χ0n) is 14.3. The Morgan fingerprint density at radius 3 is 2.84 bits per heavy atom. The zero-order valence-corrected chi connectivity index (χ0v) is 14.3. The number of carbonyl (C=O) groups is 2. The Labute approximate surface area is 146 Å². The quantitative estimate of drug-likeness (QED) is 0.857. The van der Waals surface area contributed by atoms with Gasteiger partial charge in [-0.05, 0) is 36.2 Å². The maximum absolute atomic E-state index is 13.7. The van der Waals surface area contributed by atoms with Crippen molar-refractivity contribution >= 4 is 11.8 Å². The van der Waals surface area contributed by atoms with E-state index in [1.54, 1.807) is 48.4 Å². The highest BCUT2D eigenvalue weighted by Crippen LogP contribution is 2.37. The summed E-state index contributed by atoms with van der Waals surface area (Å²) < 4.78 is 19.0. The van der Waals surface area contributed by atoms with Crippen LogP contribution in [0.4, 0.5) is 4.39 Å². The molecule has 2 amide bonds. The second kappa shape index (κ2) is 7.09. The first kappa shape index (κ1) is 17.2. The predicted molar refractivity (Wildman–Crippen MR) is 89.8 cm³/mol. The molecule has 1 saturated heterocycles. The Bertz CT molecular complexity index is 760. The summed E-state index contributed by atoms with van der Waals surface area (Å²) in [6.45, 7) is 0.357. The maximum atomic E-state index is 13.7. The smallest absolute Gasteiger partial charge is 0.228 e. The van der Waals surface area contributed by atoms with E-state index in [2.05, 4.69) is 0 Å². The molecule has 1 aromatic heterocycles. The molecule has 0 N–H and O–H groups in total. The third kappa shape index (κ3) is 3.57. The molecule has 6 heteroatoms. The van der Waals surface area contributed by atoms with Crippen molar-refractivity contribution in [1.29, 1.82) is 0 Å². The summed E-state index contributed by atoms with van der Waals surface area (Å²) in [5.74, 6) is -0.209. The van der Waals surface area contributed by atoms with Crippen molar-refractivity contribution in [3.63, 3.8) is 0 Å². The topological polar surface area (TPSA) is 53.8 Å². The number of likely N-dealkylation sites (tertiary alicyclic amines) is 1. The van der Waals surface area contributed by atoms with Crippen molar-refractivity contribution in [2.24, 2.45) is 5.92 Å². The second-order valence-electron chi connectivity index (χ2n) is 6.42. The SMILES string of the molecule is CN(Cc1ccco1)C(=O)[C@H]1CCC(=O)N(C)[C@H]1c1cccc(F)c1. The van der Waals surface area contributed by atoms with Crippen LogP contribution in [0, 0.1) is 11.7 Å². The average Bonchev–Trinajstić information content (AvgIpc) is 3.09. The van der Waals surface area contributed by atoms with Gasteiger partial charge in [-0.3, -0.25) is 9.59 Å². The lowest BCUT2D eigenvalue weighted by molar-refractivity contribution is -0.146. The summed E-state index contributed by atoms with van der Waals surface area (Å²) in [7, 11) is 3.38. The summed E-state index contributed by atoms with van der Waals surface area (Å²) in [6.07, 6.45) is 2.33. The van der Waals surface area contributed by atoms with Crippen LogP contribution < -0.4 is 0 Å². The lowest BCUT2D eigenvalue weighted by Crippen LogP contribution is -2.46. The van der Waals surface area contributed by atoms with Gasteiger partial charge in [-0.2, -0.15) is 0 Å². The number of amides is 2. The molecule has 25 heavy (non-hydrogen) atoms. The number of rotatable bonds is 4. The van der Waals surface area contributed by atoms with E-state index in [4.69, 9.17) is 4.42 Å². The first-order valence-electron chi connectivity index (χ1n) is 8.26. The number of hydrogen-bond donors (Lipinski definition) is 0. The summed E-state index contributed by atoms with van der Waals surface area (Å²) in [6, 6.07) is 9.23. The molecule has 2 atom stereocenters. The average molecular weight is 344 g/mol. The van der Waals surface area contributed by atoms with Crippen molar-refractivity contribution in [1.82, 2.24) is 9.80 Å². The Balaban J connectivity index is 1.86. The van der Waals surface area contributed by atoms with Gasteiger partial charge in [-0.1, -0.05) is 12.1 Å². The maximum Gasteiger partial charge on any atom is 0.228 e. The van der Waals surface area contributed by atoms with Crippen molar-refractivity contribution in [2.45, 2.75) is 25.4 Å². The van der Waals surface area contributed by atoms with Gasteiger partial charge >= 0.3 is 0 Å². The number of carbonyl (C=O) groups excluding carboxylic acids is 2. The molecule has 2 aromatic rings. The lowest BCUT2D eigenvalue weighted by Gasteiger charge is -2.39. The summed E-state index contributed by atoms with van der Waals surface area (Å²) in [4.78, 5) is 28.3. The lowest BCUT2D eigenvalue weighted by atomic mass is 9.83. The van der Waals surface area contributed by atoms with Crippen molar-refractivity contribution in [2.75, 3.05) is 14.1 Å².